The molecular formula is C16H19Cl2FN4O. The first-order valence-corrected chi connectivity index (χ1v) is 7.89. The highest BCUT2D eigenvalue weighted by atomic mass is 35.5. The molecule has 0 spiro atoms. The van der Waals surface area contributed by atoms with Gasteiger partial charge in [-0.05, 0) is 36.7 Å². The third-order valence-corrected chi connectivity index (χ3v) is 4.52. The summed E-state index contributed by atoms with van der Waals surface area (Å²) in [7, 11) is 0. The van der Waals surface area contributed by atoms with Crippen LogP contribution < -0.4 is 10.6 Å². The molecule has 0 radical (unpaired) electrons. The Hall–Kier alpha value is -1.63. The molecule has 24 heavy (non-hydrogen) atoms. The van der Waals surface area contributed by atoms with Gasteiger partial charge in [-0.3, -0.25) is 4.79 Å². The van der Waals surface area contributed by atoms with Gasteiger partial charge in [0.15, 0.2) is 0 Å². The Kier molecular flexibility index (Phi) is 6.21. The summed E-state index contributed by atoms with van der Waals surface area (Å²) in [6.45, 7) is 4.03. The molecule has 1 aromatic heterocycles. The Morgan fingerprint density at radius 2 is 2.25 bits per heavy atom. The molecular weight excluding hydrogens is 354 g/mol. The van der Waals surface area contributed by atoms with Crippen molar-refractivity contribution in [2.24, 2.45) is 11.8 Å². The number of nitrogens with zero attached hydrogens (tertiary/aromatic N) is 2. The lowest BCUT2D eigenvalue weighted by Crippen LogP contribution is -2.48. The second kappa shape index (κ2) is 7.96. The Labute approximate surface area is 151 Å². The van der Waals surface area contributed by atoms with Crippen LogP contribution in [0.4, 0.5) is 10.2 Å². The van der Waals surface area contributed by atoms with Crippen LogP contribution in [-0.4, -0.2) is 28.8 Å². The van der Waals surface area contributed by atoms with Crippen LogP contribution >= 0.6 is 24.0 Å². The van der Waals surface area contributed by atoms with Gasteiger partial charge in [0.25, 0.3) is 0 Å². The van der Waals surface area contributed by atoms with Crippen molar-refractivity contribution < 1.29 is 9.18 Å². The van der Waals surface area contributed by atoms with Crippen molar-refractivity contribution in [1.29, 1.82) is 0 Å². The summed E-state index contributed by atoms with van der Waals surface area (Å²) in [5, 5.41) is 10.3. The molecule has 3 rings (SSSR count). The van der Waals surface area contributed by atoms with Crippen molar-refractivity contribution in [2.75, 3.05) is 18.4 Å². The maximum absolute atomic E-state index is 13.5. The summed E-state index contributed by atoms with van der Waals surface area (Å²) in [4.78, 5) is 12.3. The van der Waals surface area contributed by atoms with Crippen LogP contribution in [0, 0.1) is 17.7 Å². The van der Waals surface area contributed by atoms with Gasteiger partial charge in [0.1, 0.15) is 11.6 Å². The Morgan fingerprint density at radius 3 is 2.88 bits per heavy atom. The van der Waals surface area contributed by atoms with Gasteiger partial charge in [0.05, 0.1) is 17.8 Å². The number of rotatable bonds is 5. The van der Waals surface area contributed by atoms with E-state index in [4.69, 9.17) is 11.6 Å². The predicted octanol–water partition coefficient (Wildman–Crippen LogP) is 2.94. The molecule has 0 bridgehead atoms. The summed E-state index contributed by atoms with van der Waals surface area (Å²) in [6, 6.07) is 6.36. The van der Waals surface area contributed by atoms with Crippen molar-refractivity contribution in [1.82, 2.24) is 15.1 Å². The number of aromatic nitrogens is 2. The number of benzene rings is 1. The second-order valence-corrected chi connectivity index (χ2v) is 6.23. The molecule has 8 heteroatoms. The van der Waals surface area contributed by atoms with E-state index in [-0.39, 0.29) is 29.3 Å². The van der Waals surface area contributed by atoms with Crippen LogP contribution in [0.15, 0.2) is 30.5 Å². The normalized spacial score (nSPS) is 15.3. The van der Waals surface area contributed by atoms with Crippen LogP contribution in [0.5, 0.6) is 0 Å². The van der Waals surface area contributed by atoms with Crippen LogP contribution in [0.25, 0.3) is 0 Å². The Bertz CT molecular complexity index is 718. The van der Waals surface area contributed by atoms with Gasteiger partial charge in [-0.15, -0.1) is 12.4 Å². The predicted molar refractivity (Wildman–Crippen MR) is 94.1 cm³/mol. The molecule has 2 heterocycles. The second-order valence-electron chi connectivity index (χ2n) is 5.82. The third-order valence-electron chi connectivity index (χ3n) is 4.22. The molecule has 2 N–H and O–H groups in total. The van der Waals surface area contributed by atoms with Crippen molar-refractivity contribution in [2.45, 2.75) is 13.5 Å². The molecule has 1 atom stereocenters. The molecule has 1 amide bonds. The highest BCUT2D eigenvalue weighted by molar-refractivity contribution is 6.30. The highest BCUT2D eigenvalue weighted by Gasteiger charge is 2.29. The zero-order valence-electron chi connectivity index (χ0n) is 13.1. The maximum atomic E-state index is 13.5. The number of halogens is 3. The van der Waals surface area contributed by atoms with Gasteiger partial charge < -0.3 is 10.6 Å². The minimum atomic E-state index is -0.465. The van der Waals surface area contributed by atoms with Gasteiger partial charge in [-0.2, -0.15) is 5.10 Å². The molecule has 2 aromatic rings. The molecule has 1 unspecified atom stereocenters. The summed E-state index contributed by atoms with van der Waals surface area (Å²) in [5.41, 5.74) is 0.724. The summed E-state index contributed by atoms with van der Waals surface area (Å²) in [6.07, 6.45) is 1.61. The fraction of sp³-hybridized carbons (Fsp3) is 0.375. The van der Waals surface area contributed by atoms with E-state index in [0.717, 1.165) is 18.7 Å². The molecule has 0 aliphatic carbocycles. The molecule has 130 valence electrons. The average Bonchev–Trinajstić information content (AvgIpc) is 2.88. The Morgan fingerprint density at radius 1 is 1.50 bits per heavy atom. The van der Waals surface area contributed by atoms with E-state index in [1.165, 1.54) is 12.1 Å². The van der Waals surface area contributed by atoms with E-state index < -0.39 is 5.82 Å². The number of carbonyl (C=O) groups is 1. The van der Waals surface area contributed by atoms with Gasteiger partial charge in [-0.25, -0.2) is 9.07 Å². The van der Waals surface area contributed by atoms with Gasteiger partial charge >= 0.3 is 0 Å². The molecule has 5 nitrogen and oxygen atoms in total. The maximum Gasteiger partial charge on any atom is 0.228 e. The number of nitrogens with one attached hydrogen (secondary N) is 2. The highest BCUT2D eigenvalue weighted by Crippen LogP contribution is 2.20. The smallest absolute Gasteiger partial charge is 0.228 e. The van der Waals surface area contributed by atoms with Crippen molar-refractivity contribution in [3.63, 3.8) is 0 Å². The first-order valence-electron chi connectivity index (χ1n) is 7.52. The van der Waals surface area contributed by atoms with Crippen LogP contribution in [0.1, 0.15) is 12.5 Å². The monoisotopic (exact) mass is 372 g/mol. The lowest BCUT2D eigenvalue weighted by molar-refractivity contribution is -0.121. The summed E-state index contributed by atoms with van der Waals surface area (Å²) >= 11 is 5.69. The number of hydrogen-bond donors (Lipinski definition) is 2. The fourth-order valence-corrected chi connectivity index (χ4v) is 2.61. The van der Waals surface area contributed by atoms with Gasteiger partial charge in [0.2, 0.25) is 5.91 Å². The molecule has 1 aromatic carbocycles. The van der Waals surface area contributed by atoms with Gasteiger partial charge in [0, 0.05) is 12.0 Å². The van der Waals surface area contributed by atoms with Crippen LogP contribution in [-0.2, 0) is 11.3 Å². The zero-order valence-corrected chi connectivity index (χ0v) is 14.7. The SMILES string of the molecule is CC(C(=O)Nc1ccnn1Cc1ccc(Cl)c(F)c1)C1CNC1.Cl. The quantitative estimate of drug-likeness (QED) is 0.847. The molecule has 1 aliphatic rings. The fourth-order valence-electron chi connectivity index (χ4n) is 2.49. The van der Waals surface area contributed by atoms with Crippen molar-refractivity contribution in [3.8, 4) is 0 Å². The van der Waals surface area contributed by atoms with E-state index >= 15 is 0 Å². The largest absolute Gasteiger partial charge is 0.316 e. The first-order chi connectivity index (χ1) is 11.0. The average molecular weight is 373 g/mol. The standard InChI is InChI=1S/C16H18ClFN4O.ClH/c1-10(12-7-19-8-12)16(23)21-15-4-5-20-22(15)9-11-2-3-13(17)14(18)6-11;/h2-6,10,12,19H,7-9H2,1H3,(H,21,23);1H. The van der Waals surface area contributed by atoms with E-state index in [1.807, 2.05) is 6.92 Å². The van der Waals surface area contributed by atoms with Gasteiger partial charge in [-0.1, -0.05) is 24.6 Å². The number of amides is 1. The van der Waals surface area contributed by atoms with E-state index in [9.17, 15) is 9.18 Å². The van der Waals surface area contributed by atoms with Crippen molar-refractivity contribution in [3.05, 3.63) is 46.9 Å². The topological polar surface area (TPSA) is 59.0 Å². The lowest BCUT2D eigenvalue weighted by Gasteiger charge is -2.31. The summed E-state index contributed by atoms with van der Waals surface area (Å²) < 4.78 is 15.2. The Balaban J connectivity index is 0.00000208. The first kappa shape index (κ1) is 18.7. The third kappa shape index (κ3) is 4.06. The molecule has 1 aliphatic heterocycles. The van der Waals surface area contributed by atoms with Crippen molar-refractivity contribution >= 4 is 35.7 Å². The van der Waals surface area contributed by atoms with E-state index in [2.05, 4.69) is 15.7 Å². The summed E-state index contributed by atoms with van der Waals surface area (Å²) in [5.74, 6) is 0.419. The lowest BCUT2D eigenvalue weighted by atomic mass is 9.88. The number of hydrogen-bond acceptors (Lipinski definition) is 3. The molecule has 1 fully saturated rings. The van der Waals surface area contributed by atoms with Crippen LogP contribution in [0.2, 0.25) is 5.02 Å². The van der Waals surface area contributed by atoms with Crippen LogP contribution in [0.3, 0.4) is 0 Å². The minimum Gasteiger partial charge on any atom is -0.316 e. The zero-order chi connectivity index (χ0) is 16.4. The van der Waals surface area contributed by atoms with E-state index in [0.29, 0.717) is 18.3 Å². The van der Waals surface area contributed by atoms with E-state index in [1.54, 1.807) is 23.0 Å². The molecule has 1 saturated heterocycles. The number of anilines is 1. The molecule has 0 saturated carbocycles. The number of carbonyl (C=O) groups excluding carboxylic acids is 1. The minimum absolute atomic E-state index is 0.